The Bertz CT molecular complexity index is 147. The second kappa shape index (κ2) is 22.9. The Kier molecular flexibility index (Phi) is 31.4. The molecule has 0 amide bonds. The van der Waals surface area contributed by atoms with Crippen molar-refractivity contribution in [2.24, 2.45) is 0 Å². The molecule has 84 valence electrons. The Morgan fingerprint density at radius 2 is 1.07 bits per heavy atom. The van der Waals surface area contributed by atoms with E-state index in [0.29, 0.717) is 0 Å². The molecule has 0 N–H and O–H groups in total. The fraction of sp³-hybridized carbons (Fsp3) is 0.538. The van der Waals surface area contributed by atoms with Crippen molar-refractivity contribution >= 4 is 11.8 Å². The van der Waals surface area contributed by atoms with E-state index < -0.39 is 0 Å². The molecule has 0 fully saturated rings. The fourth-order valence-corrected chi connectivity index (χ4v) is 0.534. The van der Waals surface area contributed by atoms with Gasteiger partial charge < -0.3 is 0 Å². The van der Waals surface area contributed by atoms with E-state index in [1.807, 2.05) is 58.4 Å². The topological polar surface area (TPSA) is 0 Å². The predicted octanol–water partition coefficient (Wildman–Crippen LogP) is 5.03. The van der Waals surface area contributed by atoms with E-state index in [1.165, 1.54) is 5.56 Å². The van der Waals surface area contributed by atoms with Crippen LogP contribution in [-0.2, 0) is 0 Å². The predicted molar refractivity (Wildman–Crippen MR) is 73.3 cm³/mol. The first-order valence-corrected chi connectivity index (χ1v) is 6.86. The van der Waals surface area contributed by atoms with Crippen molar-refractivity contribution < 1.29 is 0 Å². The Morgan fingerprint density at radius 3 is 1.21 bits per heavy atom. The van der Waals surface area contributed by atoms with Crippen LogP contribution in [0.3, 0.4) is 0 Å². The molecule has 0 radical (unpaired) electrons. The van der Waals surface area contributed by atoms with Gasteiger partial charge in [0.1, 0.15) is 0 Å². The molecule has 0 bridgehead atoms. The first-order chi connectivity index (χ1) is 6.81. The molecule has 0 unspecified atom stereocenters. The molecule has 1 aromatic rings. The highest BCUT2D eigenvalue weighted by Gasteiger charge is 1.72. The van der Waals surface area contributed by atoms with Crippen LogP contribution in [0.1, 0.15) is 33.3 Å². The average molecular weight is 214 g/mol. The van der Waals surface area contributed by atoms with Gasteiger partial charge in [-0.25, -0.2) is 0 Å². The van der Waals surface area contributed by atoms with Crippen LogP contribution in [0, 0.1) is 6.92 Å². The zero-order chi connectivity index (χ0) is 11.8. The minimum atomic E-state index is 1.32. The first-order valence-electron chi connectivity index (χ1n) is 5.23. The summed E-state index contributed by atoms with van der Waals surface area (Å²) < 4.78 is 0. The lowest BCUT2D eigenvalue weighted by molar-refractivity contribution is 1.48. The molecule has 0 nitrogen and oxygen atoms in total. The minimum Gasteiger partial charge on any atom is -0.169 e. The van der Waals surface area contributed by atoms with Gasteiger partial charge in [0, 0.05) is 0 Å². The molecule has 1 heteroatoms. The molecule has 0 atom stereocenters. The summed E-state index contributed by atoms with van der Waals surface area (Å²) in [5, 5.41) is 0. The van der Waals surface area contributed by atoms with E-state index in [4.69, 9.17) is 0 Å². The molecule has 0 heterocycles. The summed E-state index contributed by atoms with van der Waals surface area (Å²) in [7, 11) is 0. The van der Waals surface area contributed by atoms with E-state index in [1.54, 1.807) is 11.8 Å². The molecule has 0 aliphatic heterocycles. The Labute approximate surface area is 95.1 Å². The van der Waals surface area contributed by atoms with Gasteiger partial charge in [0.15, 0.2) is 0 Å². The summed E-state index contributed by atoms with van der Waals surface area (Å²) >= 11 is 1.75. The number of benzene rings is 1. The maximum atomic E-state index is 2.08. The molecule has 0 aromatic heterocycles. The van der Waals surface area contributed by atoms with Crippen LogP contribution < -0.4 is 0 Å². The second-order valence-electron chi connectivity index (χ2n) is 2.06. The summed E-state index contributed by atoms with van der Waals surface area (Å²) in [6.07, 6.45) is 4.08. The third kappa shape index (κ3) is 22.6. The van der Waals surface area contributed by atoms with Crippen molar-refractivity contribution in [3.05, 3.63) is 35.9 Å². The van der Waals surface area contributed by atoms with Crippen molar-refractivity contribution in [1.82, 2.24) is 0 Å². The smallest absolute Gasteiger partial charge is 0.0187 e. The van der Waals surface area contributed by atoms with E-state index in [0.717, 1.165) is 0 Å². The van der Waals surface area contributed by atoms with Crippen LogP contribution in [-0.4, -0.2) is 12.5 Å². The standard InChI is InChI=1S/C7H8.C2H6S.2C2H6/c1-7-5-3-2-4-6-7;1-3-2;2*1-2/h2-6H,1H3;1-2H3;2*1-2H3. The van der Waals surface area contributed by atoms with Crippen LogP contribution >= 0.6 is 11.8 Å². The maximum absolute atomic E-state index is 2.08. The van der Waals surface area contributed by atoms with E-state index in [2.05, 4.69) is 19.1 Å². The largest absolute Gasteiger partial charge is 0.169 e. The lowest BCUT2D eigenvalue weighted by atomic mass is 10.2. The van der Waals surface area contributed by atoms with Gasteiger partial charge in [-0.2, -0.15) is 11.8 Å². The number of aryl methyl sites for hydroxylation is 1. The third-order valence-corrected chi connectivity index (χ3v) is 0.940. The molecular weight excluding hydrogens is 188 g/mol. The second-order valence-corrected chi connectivity index (χ2v) is 2.88. The molecular formula is C13H26S. The van der Waals surface area contributed by atoms with E-state index >= 15 is 0 Å². The number of rotatable bonds is 0. The molecule has 0 aliphatic carbocycles. The van der Waals surface area contributed by atoms with Crippen molar-refractivity contribution in [3.63, 3.8) is 0 Å². The fourth-order valence-electron chi connectivity index (χ4n) is 0.534. The van der Waals surface area contributed by atoms with Crippen LogP contribution in [0.15, 0.2) is 30.3 Å². The Morgan fingerprint density at radius 1 is 0.786 bits per heavy atom. The molecule has 0 aliphatic rings. The summed E-state index contributed by atoms with van der Waals surface area (Å²) in [5.41, 5.74) is 1.32. The molecule has 1 aromatic carbocycles. The Balaban J connectivity index is -0.000000148. The van der Waals surface area contributed by atoms with Gasteiger partial charge >= 0.3 is 0 Å². The van der Waals surface area contributed by atoms with Gasteiger partial charge in [-0.3, -0.25) is 0 Å². The zero-order valence-corrected chi connectivity index (χ0v) is 11.6. The van der Waals surface area contributed by atoms with Crippen LogP contribution in [0.4, 0.5) is 0 Å². The van der Waals surface area contributed by atoms with Crippen molar-refractivity contribution in [2.75, 3.05) is 12.5 Å². The van der Waals surface area contributed by atoms with Crippen molar-refractivity contribution in [1.29, 1.82) is 0 Å². The minimum absolute atomic E-state index is 1.32. The SMILES string of the molecule is CC.CC.CSC.Cc1ccccc1. The zero-order valence-electron chi connectivity index (χ0n) is 10.8. The van der Waals surface area contributed by atoms with Gasteiger partial charge in [-0.05, 0) is 19.4 Å². The third-order valence-electron chi connectivity index (χ3n) is 0.940. The van der Waals surface area contributed by atoms with Gasteiger partial charge in [0.2, 0.25) is 0 Å². The number of hydrogen-bond donors (Lipinski definition) is 0. The molecule has 14 heavy (non-hydrogen) atoms. The summed E-state index contributed by atoms with van der Waals surface area (Å²) in [6, 6.07) is 10.3. The van der Waals surface area contributed by atoms with Gasteiger partial charge in [0.05, 0.1) is 0 Å². The highest BCUT2D eigenvalue weighted by molar-refractivity contribution is 7.97. The molecule has 0 spiro atoms. The van der Waals surface area contributed by atoms with Crippen LogP contribution in [0.5, 0.6) is 0 Å². The van der Waals surface area contributed by atoms with Crippen LogP contribution in [0.25, 0.3) is 0 Å². The maximum Gasteiger partial charge on any atom is -0.0187 e. The number of thioether (sulfide) groups is 1. The number of hydrogen-bond acceptors (Lipinski definition) is 1. The van der Waals surface area contributed by atoms with Gasteiger partial charge in [0.25, 0.3) is 0 Å². The molecule has 0 saturated carbocycles. The lowest BCUT2D eigenvalue weighted by Crippen LogP contribution is -1.62. The summed E-state index contributed by atoms with van der Waals surface area (Å²) in [4.78, 5) is 0. The summed E-state index contributed by atoms with van der Waals surface area (Å²) in [5.74, 6) is 0. The van der Waals surface area contributed by atoms with Crippen molar-refractivity contribution in [2.45, 2.75) is 34.6 Å². The molecule has 0 saturated heterocycles. The Hall–Kier alpha value is -0.430. The van der Waals surface area contributed by atoms with Gasteiger partial charge in [-0.1, -0.05) is 63.6 Å². The quantitative estimate of drug-likeness (QED) is 0.584. The monoisotopic (exact) mass is 214 g/mol. The highest BCUT2D eigenvalue weighted by Crippen LogP contribution is 1.92. The average Bonchev–Trinajstić information content (AvgIpc) is 2.26. The normalized spacial score (nSPS) is 6.50. The summed E-state index contributed by atoms with van der Waals surface area (Å²) in [6.45, 7) is 10.1. The van der Waals surface area contributed by atoms with E-state index in [9.17, 15) is 0 Å². The van der Waals surface area contributed by atoms with E-state index in [-0.39, 0.29) is 0 Å². The van der Waals surface area contributed by atoms with Gasteiger partial charge in [-0.15, -0.1) is 0 Å². The lowest BCUT2D eigenvalue weighted by Gasteiger charge is -1.82. The van der Waals surface area contributed by atoms with Crippen molar-refractivity contribution in [3.8, 4) is 0 Å². The first kappa shape index (κ1) is 19.2. The molecule has 1 rings (SSSR count). The highest BCUT2D eigenvalue weighted by atomic mass is 32.2. The van der Waals surface area contributed by atoms with Crippen LogP contribution in [0.2, 0.25) is 0 Å².